The number of carbonyl (C=O) groups is 1. The number of morpholine rings is 1. The fraction of sp³-hybridized carbons (Fsp3) is 0.286. The summed E-state index contributed by atoms with van der Waals surface area (Å²) in [5.41, 5.74) is 5.65. The number of nitriles is 1. The van der Waals surface area contributed by atoms with Gasteiger partial charge in [-0.25, -0.2) is 8.42 Å². The van der Waals surface area contributed by atoms with Crippen LogP contribution in [0.4, 0.5) is 0 Å². The van der Waals surface area contributed by atoms with Gasteiger partial charge in [-0.05, 0) is 6.07 Å². The highest BCUT2D eigenvalue weighted by Gasteiger charge is 2.33. The minimum Gasteiger partial charge on any atom is -0.379 e. The smallest absolute Gasteiger partial charge is 0.266 e. The molecule has 2 aromatic rings. The molecule has 1 aliphatic heterocycles. The van der Waals surface area contributed by atoms with Gasteiger partial charge in [-0.3, -0.25) is 4.79 Å². The number of nitrogens with two attached hydrogens (primary N) is 1. The lowest BCUT2D eigenvalue weighted by Gasteiger charge is -2.26. The number of nitrogens with one attached hydrogen (secondary N) is 1. The van der Waals surface area contributed by atoms with Crippen LogP contribution in [-0.2, 0) is 14.8 Å². The Morgan fingerprint density at radius 3 is 2.65 bits per heavy atom. The monoisotopic (exact) mass is 334 g/mol. The molecule has 120 valence electrons. The van der Waals surface area contributed by atoms with Crippen LogP contribution in [0.25, 0.3) is 10.9 Å². The van der Waals surface area contributed by atoms with Crippen molar-refractivity contribution >= 4 is 26.8 Å². The normalized spacial score (nSPS) is 16.3. The van der Waals surface area contributed by atoms with Gasteiger partial charge < -0.3 is 15.5 Å². The third-order valence-corrected chi connectivity index (χ3v) is 5.71. The number of rotatable bonds is 3. The molecule has 3 N–H and O–H groups in total. The third-order valence-electron chi connectivity index (χ3n) is 3.72. The molecule has 1 aliphatic rings. The lowest BCUT2D eigenvalue weighted by atomic mass is 10.1. The van der Waals surface area contributed by atoms with E-state index in [1.54, 1.807) is 12.1 Å². The second kappa shape index (κ2) is 5.66. The molecule has 0 spiro atoms. The first-order valence-electron chi connectivity index (χ1n) is 6.89. The largest absolute Gasteiger partial charge is 0.379 e. The lowest BCUT2D eigenvalue weighted by molar-refractivity contribution is 0.0730. The Morgan fingerprint density at radius 2 is 2.04 bits per heavy atom. The molecule has 1 fully saturated rings. The van der Waals surface area contributed by atoms with Gasteiger partial charge in [0.1, 0.15) is 16.7 Å². The minimum absolute atomic E-state index is 0.181. The molecule has 0 saturated carbocycles. The van der Waals surface area contributed by atoms with Crippen LogP contribution in [0, 0.1) is 11.3 Å². The molecule has 8 nitrogen and oxygen atoms in total. The molecule has 0 atom stereocenters. The molecule has 9 heteroatoms. The Kier molecular flexibility index (Phi) is 3.81. The van der Waals surface area contributed by atoms with Gasteiger partial charge in [0, 0.05) is 18.5 Å². The highest BCUT2D eigenvalue weighted by molar-refractivity contribution is 7.89. The Bertz CT molecular complexity index is 920. The van der Waals surface area contributed by atoms with Crippen molar-refractivity contribution in [2.45, 2.75) is 4.90 Å². The van der Waals surface area contributed by atoms with E-state index in [1.807, 2.05) is 6.07 Å². The zero-order chi connectivity index (χ0) is 16.6. The number of fused-ring (bicyclic) bond motifs is 1. The summed E-state index contributed by atoms with van der Waals surface area (Å²) >= 11 is 0. The average molecular weight is 334 g/mol. The molecule has 1 saturated heterocycles. The molecule has 1 amide bonds. The predicted molar refractivity (Wildman–Crippen MR) is 81.1 cm³/mol. The van der Waals surface area contributed by atoms with Crippen molar-refractivity contribution in [1.82, 2.24) is 9.29 Å². The van der Waals surface area contributed by atoms with Gasteiger partial charge in [-0.2, -0.15) is 9.57 Å². The van der Waals surface area contributed by atoms with Crippen molar-refractivity contribution in [2.24, 2.45) is 5.73 Å². The number of nitrogens with zero attached hydrogens (tertiary/aromatic N) is 2. The number of H-pyrrole nitrogens is 1. The molecular weight excluding hydrogens is 320 g/mol. The summed E-state index contributed by atoms with van der Waals surface area (Å²) in [5, 5.41) is 9.45. The first-order valence-corrected chi connectivity index (χ1v) is 8.33. The van der Waals surface area contributed by atoms with Gasteiger partial charge in [-0.1, -0.05) is 12.1 Å². The summed E-state index contributed by atoms with van der Waals surface area (Å²) < 4.78 is 32.3. The van der Waals surface area contributed by atoms with Gasteiger partial charge in [0.25, 0.3) is 5.91 Å². The highest BCUT2D eigenvalue weighted by atomic mass is 32.2. The van der Waals surface area contributed by atoms with E-state index in [9.17, 15) is 13.2 Å². The summed E-state index contributed by atoms with van der Waals surface area (Å²) in [7, 11) is -3.93. The van der Waals surface area contributed by atoms with Crippen molar-refractivity contribution in [1.29, 1.82) is 5.26 Å². The first kappa shape index (κ1) is 15.5. The number of sulfonamides is 1. The Hall–Kier alpha value is -2.41. The summed E-state index contributed by atoms with van der Waals surface area (Å²) in [4.78, 5) is 14.2. The van der Waals surface area contributed by atoms with E-state index in [1.165, 1.54) is 10.4 Å². The van der Waals surface area contributed by atoms with Gasteiger partial charge in [0.05, 0.1) is 24.3 Å². The SMILES string of the molecule is N#Cc1cccc2c(S(=O)(=O)N3CCOCC3)c(C(N)=O)[nH]c12. The minimum atomic E-state index is -3.93. The summed E-state index contributed by atoms with van der Waals surface area (Å²) in [5.74, 6) is -0.892. The number of aromatic amines is 1. The Morgan fingerprint density at radius 1 is 1.35 bits per heavy atom. The molecule has 0 unspecified atom stereocenters. The first-order chi connectivity index (χ1) is 11.0. The molecule has 0 bridgehead atoms. The predicted octanol–water partition coefficient (Wildman–Crippen LogP) is 0.159. The van der Waals surface area contributed by atoms with Crippen molar-refractivity contribution in [3.05, 3.63) is 29.5 Å². The summed E-state index contributed by atoms with van der Waals surface area (Å²) in [6.45, 7) is 0.976. The number of amides is 1. The number of carbonyl (C=O) groups excluding carboxylic acids is 1. The number of benzene rings is 1. The molecule has 1 aromatic heterocycles. The average Bonchev–Trinajstić information content (AvgIpc) is 2.96. The number of ether oxygens (including phenoxy) is 1. The third kappa shape index (κ3) is 2.46. The maximum atomic E-state index is 12.9. The number of aromatic nitrogens is 1. The fourth-order valence-electron chi connectivity index (χ4n) is 2.64. The Labute approximate surface area is 132 Å². The van der Waals surface area contributed by atoms with Crippen LogP contribution in [0.5, 0.6) is 0 Å². The molecule has 0 aliphatic carbocycles. The molecule has 2 heterocycles. The summed E-state index contributed by atoms with van der Waals surface area (Å²) in [6.07, 6.45) is 0. The lowest BCUT2D eigenvalue weighted by Crippen LogP contribution is -2.41. The quantitative estimate of drug-likeness (QED) is 0.826. The van der Waals surface area contributed by atoms with Gasteiger partial charge in [0.15, 0.2) is 0 Å². The van der Waals surface area contributed by atoms with Crippen LogP contribution < -0.4 is 5.73 Å². The van der Waals surface area contributed by atoms with Gasteiger partial charge in [-0.15, -0.1) is 0 Å². The molecule has 0 radical (unpaired) electrons. The number of hydrogen-bond acceptors (Lipinski definition) is 5. The van der Waals surface area contributed by atoms with Crippen LogP contribution in [-0.4, -0.2) is 49.9 Å². The number of para-hydroxylation sites is 1. The van der Waals surface area contributed by atoms with Crippen molar-refractivity contribution in [3.63, 3.8) is 0 Å². The van der Waals surface area contributed by atoms with Crippen LogP contribution in [0.15, 0.2) is 23.1 Å². The second-order valence-electron chi connectivity index (χ2n) is 5.05. The van der Waals surface area contributed by atoms with E-state index >= 15 is 0 Å². The van der Waals surface area contributed by atoms with Crippen molar-refractivity contribution < 1.29 is 17.9 Å². The topological polar surface area (TPSA) is 129 Å². The van der Waals surface area contributed by atoms with Gasteiger partial charge in [0.2, 0.25) is 10.0 Å². The maximum absolute atomic E-state index is 12.9. The van der Waals surface area contributed by atoms with E-state index in [-0.39, 0.29) is 53.4 Å². The van der Waals surface area contributed by atoms with E-state index in [4.69, 9.17) is 15.7 Å². The van der Waals surface area contributed by atoms with Crippen molar-refractivity contribution in [2.75, 3.05) is 26.3 Å². The van der Waals surface area contributed by atoms with Crippen LogP contribution in [0.1, 0.15) is 16.1 Å². The van der Waals surface area contributed by atoms with Crippen LogP contribution in [0.2, 0.25) is 0 Å². The molecule has 3 rings (SSSR count). The van der Waals surface area contributed by atoms with Crippen LogP contribution >= 0.6 is 0 Å². The zero-order valence-electron chi connectivity index (χ0n) is 12.1. The second-order valence-corrected chi connectivity index (χ2v) is 6.92. The maximum Gasteiger partial charge on any atom is 0.266 e. The highest BCUT2D eigenvalue weighted by Crippen LogP contribution is 2.31. The number of hydrogen-bond donors (Lipinski definition) is 2. The van der Waals surface area contributed by atoms with E-state index in [2.05, 4.69) is 4.98 Å². The van der Waals surface area contributed by atoms with E-state index in [0.717, 1.165) is 0 Å². The molecule has 23 heavy (non-hydrogen) atoms. The fourth-order valence-corrected chi connectivity index (χ4v) is 4.39. The van der Waals surface area contributed by atoms with E-state index < -0.39 is 15.9 Å². The Balaban J connectivity index is 2.29. The van der Waals surface area contributed by atoms with Gasteiger partial charge >= 0.3 is 0 Å². The molecule has 1 aromatic carbocycles. The standard InChI is InChI=1S/C14H14N4O4S/c15-8-9-2-1-3-10-11(9)17-12(14(16)19)13(10)23(20,21)18-4-6-22-7-5-18/h1-3,17H,4-7H2,(H2,16,19). The number of primary amides is 1. The zero-order valence-corrected chi connectivity index (χ0v) is 12.9. The molecular formula is C14H14N4O4S. The van der Waals surface area contributed by atoms with Crippen LogP contribution in [0.3, 0.4) is 0 Å². The summed E-state index contributed by atoms with van der Waals surface area (Å²) in [6, 6.07) is 6.62. The van der Waals surface area contributed by atoms with E-state index in [0.29, 0.717) is 0 Å². The van der Waals surface area contributed by atoms with Crippen molar-refractivity contribution in [3.8, 4) is 6.07 Å².